The van der Waals surface area contributed by atoms with Gasteiger partial charge in [-0.2, -0.15) is 0 Å². The normalized spacial score (nSPS) is 15.0. The molecule has 4 heteroatoms. The van der Waals surface area contributed by atoms with Gasteiger partial charge in [-0.25, -0.2) is 4.39 Å². The van der Waals surface area contributed by atoms with Crippen LogP contribution in [0.1, 0.15) is 17.2 Å². The van der Waals surface area contributed by atoms with Gasteiger partial charge in [0, 0.05) is 12.1 Å². The molecule has 0 aromatic heterocycles. The van der Waals surface area contributed by atoms with Crippen molar-refractivity contribution in [2.24, 2.45) is 0 Å². The van der Waals surface area contributed by atoms with Crippen molar-refractivity contribution in [2.45, 2.75) is 19.1 Å². The Morgan fingerprint density at radius 2 is 2.07 bits per heavy atom. The molecule has 0 radical (unpaired) electrons. The number of nitrogens with one attached hydrogen (secondary N) is 1. The molecule has 0 fully saturated rings. The van der Waals surface area contributed by atoms with Crippen LogP contribution in [0, 0.1) is 12.7 Å². The topological polar surface area (TPSA) is 52.5 Å². The molecule has 1 rings (SSSR count). The molecule has 1 aromatic carbocycles. The van der Waals surface area contributed by atoms with Crippen molar-refractivity contribution in [1.82, 2.24) is 5.32 Å². The van der Waals surface area contributed by atoms with E-state index in [2.05, 4.69) is 5.32 Å². The van der Waals surface area contributed by atoms with Crippen LogP contribution in [0.5, 0.6) is 0 Å². The monoisotopic (exact) mass is 213 g/mol. The molecule has 2 unspecified atom stereocenters. The molecular formula is C11H16FNO2. The van der Waals surface area contributed by atoms with E-state index in [1.54, 1.807) is 26.1 Å². The van der Waals surface area contributed by atoms with Crippen LogP contribution < -0.4 is 5.32 Å². The molecule has 0 saturated heterocycles. The summed E-state index contributed by atoms with van der Waals surface area (Å²) in [5.74, 6) is -0.458. The van der Waals surface area contributed by atoms with E-state index >= 15 is 0 Å². The van der Waals surface area contributed by atoms with Crippen molar-refractivity contribution in [3.05, 3.63) is 35.1 Å². The highest BCUT2D eigenvalue weighted by Gasteiger charge is 2.21. The molecule has 0 aliphatic carbocycles. The van der Waals surface area contributed by atoms with Crippen molar-refractivity contribution in [3.8, 4) is 0 Å². The molecule has 0 aliphatic heterocycles. The highest BCUT2D eigenvalue weighted by Crippen LogP contribution is 2.21. The summed E-state index contributed by atoms with van der Waals surface area (Å²) in [6.07, 6.45) is -2.20. The molecule has 15 heavy (non-hydrogen) atoms. The largest absolute Gasteiger partial charge is 0.389 e. The van der Waals surface area contributed by atoms with Gasteiger partial charge in [0.05, 0.1) is 6.10 Å². The summed E-state index contributed by atoms with van der Waals surface area (Å²) >= 11 is 0. The van der Waals surface area contributed by atoms with Crippen LogP contribution in [0.15, 0.2) is 18.2 Å². The Morgan fingerprint density at radius 1 is 1.40 bits per heavy atom. The quantitative estimate of drug-likeness (QED) is 0.691. The van der Waals surface area contributed by atoms with Crippen LogP contribution in [0.3, 0.4) is 0 Å². The lowest BCUT2D eigenvalue weighted by atomic mass is 10.0. The third-order valence-electron chi connectivity index (χ3n) is 2.32. The zero-order chi connectivity index (χ0) is 11.4. The third kappa shape index (κ3) is 2.75. The maximum absolute atomic E-state index is 13.6. The average Bonchev–Trinajstić information content (AvgIpc) is 2.21. The summed E-state index contributed by atoms with van der Waals surface area (Å²) in [4.78, 5) is 0. The highest BCUT2D eigenvalue weighted by molar-refractivity contribution is 5.27. The van der Waals surface area contributed by atoms with Crippen LogP contribution in [-0.4, -0.2) is 29.9 Å². The number of hydrogen-bond acceptors (Lipinski definition) is 3. The second-order valence-electron chi connectivity index (χ2n) is 3.55. The van der Waals surface area contributed by atoms with Gasteiger partial charge in [0.2, 0.25) is 0 Å². The van der Waals surface area contributed by atoms with Gasteiger partial charge in [-0.05, 0) is 19.5 Å². The summed E-state index contributed by atoms with van der Waals surface area (Å²) in [5.41, 5.74) is 0.598. The van der Waals surface area contributed by atoms with Crippen LogP contribution >= 0.6 is 0 Å². The highest BCUT2D eigenvalue weighted by atomic mass is 19.1. The van der Waals surface area contributed by atoms with Crippen molar-refractivity contribution in [3.63, 3.8) is 0 Å². The van der Waals surface area contributed by atoms with Crippen LogP contribution in [0.25, 0.3) is 0 Å². The second kappa shape index (κ2) is 5.21. The van der Waals surface area contributed by atoms with Crippen LogP contribution in [0.2, 0.25) is 0 Å². The molecule has 0 amide bonds. The van der Waals surface area contributed by atoms with Crippen LogP contribution in [-0.2, 0) is 0 Å². The number of aryl methyl sites for hydroxylation is 1. The minimum Gasteiger partial charge on any atom is -0.389 e. The van der Waals surface area contributed by atoms with Crippen LogP contribution in [0.4, 0.5) is 4.39 Å². The molecule has 0 heterocycles. The summed E-state index contributed by atoms with van der Waals surface area (Å²) in [6, 6.07) is 4.75. The Kier molecular flexibility index (Phi) is 4.20. The van der Waals surface area contributed by atoms with Gasteiger partial charge >= 0.3 is 0 Å². The number of halogens is 1. The molecule has 84 valence electrons. The van der Waals surface area contributed by atoms with Gasteiger partial charge in [-0.3, -0.25) is 0 Å². The fourth-order valence-corrected chi connectivity index (χ4v) is 1.43. The Morgan fingerprint density at radius 3 is 2.67 bits per heavy atom. The third-order valence-corrected chi connectivity index (χ3v) is 2.32. The van der Waals surface area contributed by atoms with E-state index in [0.717, 1.165) is 0 Å². The van der Waals surface area contributed by atoms with E-state index in [0.29, 0.717) is 5.56 Å². The molecule has 3 N–H and O–H groups in total. The maximum Gasteiger partial charge on any atom is 0.132 e. The number of aliphatic hydroxyl groups is 2. The fourth-order valence-electron chi connectivity index (χ4n) is 1.43. The molecule has 3 nitrogen and oxygen atoms in total. The Balaban J connectivity index is 2.90. The van der Waals surface area contributed by atoms with Crippen molar-refractivity contribution >= 4 is 0 Å². The molecule has 0 bridgehead atoms. The first-order valence-corrected chi connectivity index (χ1v) is 4.83. The van der Waals surface area contributed by atoms with Gasteiger partial charge in [-0.1, -0.05) is 18.2 Å². The van der Waals surface area contributed by atoms with Crippen molar-refractivity contribution < 1.29 is 14.6 Å². The van der Waals surface area contributed by atoms with Crippen molar-refractivity contribution in [1.29, 1.82) is 0 Å². The maximum atomic E-state index is 13.6. The Labute approximate surface area is 88.6 Å². The number of hydrogen-bond donors (Lipinski definition) is 3. The van der Waals surface area contributed by atoms with E-state index in [1.807, 2.05) is 0 Å². The summed E-state index contributed by atoms with van der Waals surface area (Å²) in [6.45, 7) is 1.84. The zero-order valence-electron chi connectivity index (χ0n) is 8.87. The van der Waals surface area contributed by atoms with Crippen molar-refractivity contribution in [2.75, 3.05) is 13.6 Å². The molecular weight excluding hydrogens is 197 g/mol. The zero-order valence-corrected chi connectivity index (χ0v) is 8.87. The first-order chi connectivity index (χ1) is 7.07. The standard InChI is InChI=1S/C11H16FNO2/c1-7-4-3-5-8(10(7)12)11(15)9(14)6-13-2/h3-5,9,11,13-15H,6H2,1-2H3. The summed E-state index contributed by atoms with van der Waals surface area (Å²) in [7, 11) is 1.66. The summed E-state index contributed by atoms with van der Waals surface area (Å²) < 4.78 is 13.6. The first-order valence-electron chi connectivity index (χ1n) is 4.83. The van der Waals surface area contributed by atoms with E-state index in [4.69, 9.17) is 0 Å². The molecule has 0 spiro atoms. The number of benzene rings is 1. The number of rotatable bonds is 4. The second-order valence-corrected chi connectivity index (χ2v) is 3.55. The number of aliphatic hydroxyl groups excluding tert-OH is 2. The van der Waals surface area contributed by atoms with E-state index in [9.17, 15) is 14.6 Å². The molecule has 0 aliphatic rings. The number of likely N-dealkylation sites (N-methyl/N-ethyl adjacent to an activating group) is 1. The van der Waals surface area contributed by atoms with Gasteiger partial charge in [0.25, 0.3) is 0 Å². The SMILES string of the molecule is CNCC(O)C(O)c1cccc(C)c1F. The lowest BCUT2D eigenvalue weighted by molar-refractivity contribution is 0.0181. The molecule has 1 aromatic rings. The average molecular weight is 213 g/mol. The lowest BCUT2D eigenvalue weighted by Gasteiger charge is -2.18. The summed E-state index contributed by atoms with van der Waals surface area (Å²) in [5, 5.41) is 21.9. The van der Waals surface area contributed by atoms with E-state index < -0.39 is 18.0 Å². The Hall–Kier alpha value is -0.970. The fraction of sp³-hybridized carbons (Fsp3) is 0.455. The predicted octanol–water partition coefficient (Wildman–Crippen LogP) is 0.748. The van der Waals surface area contributed by atoms with Gasteiger partial charge < -0.3 is 15.5 Å². The first kappa shape index (κ1) is 12.1. The molecule has 2 atom stereocenters. The lowest BCUT2D eigenvalue weighted by Crippen LogP contribution is -2.30. The van der Waals surface area contributed by atoms with Gasteiger partial charge in [0.15, 0.2) is 0 Å². The minimum atomic E-state index is -1.20. The smallest absolute Gasteiger partial charge is 0.132 e. The van der Waals surface area contributed by atoms with Gasteiger partial charge in [-0.15, -0.1) is 0 Å². The minimum absolute atomic E-state index is 0.137. The predicted molar refractivity (Wildman–Crippen MR) is 56.0 cm³/mol. The van der Waals surface area contributed by atoms with E-state index in [1.165, 1.54) is 6.07 Å². The van der Waals surface area contributed by atoms with E-state index in [-0.39, 0.29) is 12.1 Å². The molecule has 0 saturated carbocycles. The Bertz CT molecular complexity index is 330. The van der Waals surface area contributed by atoms with Gasteiger partial charge in [0.1, 0.15) is 11.9 Å².